The highest BCUT2D eigenvalue weighted by Crippen LogP contribution is 2.00. The summed E-state index contributed by atoms with van der Waals surface area (Å²) in [6, 6.07) is 6.52. The van der Waals surface area contributed by atoms with Gasteiger partial charge >= 0.3 is 13.1 Å². The number of carbonyl (C=O) groups is 1. The Kier molecular flexibility index (Phi) is 4.33. The third-order valence-electron chi connectivity index (χ3n) is 1.91. The van der Waals surface area contributed by atoms with Gasteiger partial charge in [-0.1, -0.05) is 12.1 Å². The van der Waals surface area contributed by atoms with Crippen molar-refractivity contribution in [3.63, 3.8) is 0 Å². The maximum Gasteiger partial charge on any atom is 0.490 e. The number of esters is 1. The molecule has 0 aliphatic rings. The Labute approximate surface area is 89.0 Å². The van der Waals surface area contributed by atoms with Crippen molar-refractivity contribution in [2.45, 2.75) is 6.92 Å². The summed E-state index contributed by atoms with van der Waals surface area (Å²) < 4.78 is 9.57. The summed E-state index contributed by atoms with van der Waals surface area (Å²) in [4.78, 5) is 11.4. The average molecular weight is 208 g/mol. The van der Waals surface area contributed by atoms with Crippen LogP contribution in [0.1, 0.15) is 17.3 Å². The van der Waals surface area contributed by atoms with E-state index >= 15 is 0 Å². The molecule has 0 bridgehead atoms. The molecule has 0 heterocycles. The molecule has 5 heteroatoms. The zero-order valence-corrected chi connectivity index (χ0v) is 8.77. The van der Waals surface area contributed by atoms with Crippen molar-refractivity contribution in [3.8, 4) is 0 Å². The molecular weight excluding hydrogens is 195 g/mol. The van der Waals surface area contributed by atoms with Crippen molar-refractivity contribution in [1.82, 2.24) is 0 Å². The van der Waals surface area contributed by atoms with Gasteiger partial charge in [-0.05, 0) is 24.5 Å². The fourth-order valence-electron chi connectivity index (χ4n) is 1.17. The van der Waals surface area contributed by atoms with Gasteiger partial charge in [-0.2, -0.15) is 0 Å². The van der Waals surface area contributed by atoms with Crippen LogP contribution >= 0.6 is 0 Å². The summed E-state index contributed by atoms with van der Waals surface area (Å²) in [6.07, 6.45) is 0. The van der Waals surface area contributed by atoms with Gasteiger partial charge in [0.2, 0.25) is 0 Å². The summed E-state index contributed by atoms with van der Waals surface area (Å²) >= 11 is 0. The van der Waals surface area contributed by atoms with Gasteiger partial charge in [-0.3, -0.25) is 0 Å². The maximum atomic E-state index is 11.4. The number of benzene rings is 1. The second-order valence-electron chi connectivity index (χ2n) is 2.93. The SMILES string of the molecule is CCOC(=O)c1cccc(B(O)OC)c1. The minimum Gasteiger partial charge on any atom is -0.462 e. The minimum atomic E-state index is -1.01. The van der Waals surface area contributed by atoms with Gasteiger partial charge in [0.25, 0.3) is 0 Å². The fourth-order valence-corrected chi connectivity index (χ4v) is 1.17. The second-order valence-corrected chi connectivity index (χ2v) is 2.93. The highest BCUT2D eigenvalue weighted by atomic mass is 16.5. The molecule has 1 N–H and O–H groups in total. The number of ether oxygens (including phenoxy) is 1. The number of rotatable bonds is 4. The lowest BCUT2D eigenvalue weighted by Crippen LogP contribution is -2.32. The minimum absolute atomic E-state index is 0.329. The molecule has 1 rings (SSSR count). The fraction of sp³-hybridized carbons (Fsp3) is 0.300. The summed E-state index contributed by atoms with van der Waals surface area (Å²) in [5.74, 6) is -0.400. The topological polar surface area (TPSA) is 55.8 Å². The molecule has 1 aromatic rings. The molecule has 0 atom stereocenters. The summed E-state index contributed by atoms with van der Waals surface area (Å²) in [5.41, 5.74) is 0.938. The van der Waals surface area contributed by atoms with Crippen molar-refractivity contribution in [2.75, 3.05) is 13.7 Å². The highest BCUT2D eigenvalue weighted by molar-refractivity contribution is 6.60. The number of carbonyl (C=O) groups excluding carboxylic acids is 1. The van der Waals surface area contributed by atoms with Crippen LogP contribution in [0.25, 0.3) is 0 Å². The van der Waals surface area contributed by atoms with E-state index in [1.807, 2.05) is 0 Å². The standard InChI is InChI=1S/C10H13BO4/c1-3-15-10(12)8-5-4-6-9(7-8)11(13)14-2/h4-7,13H,3H2,1-2H3. The molecule has 0 radical (unpaired) electrons. The normalized spacial score (nSPS) is 9.80. The molecule has 15 heavy (non-hydrogen) atoms. The van der Waals surface area contributed by atoms with Crippen LogP contribution in [-0.2, 0) is 9.39 Å². The van der Waals surface area contributed by atoms with Crippen molar-refractivity contribution in [2.24, 2.45) is 0 Å². The van der Waals surface area contributed by atoms with Gasteiger partial charge in [0.15, 0.2) is 0 Å². The Morgan fingerprint density at radius 1 is 1.53 bits per heavy atom. The maximum absolute atomic E-state index is 11.4. The third kappa shape index (κ3) is 3.07. The molecule has 0 unspecified atom stereocenters. The molecule has 0 fully saturated rings. The summed E-state index contributed by atoms with van der Waals surface area (Å²) in [7, 11) is 0.376. The Bertz CT molecular complexity index is 340. The van der Waals surface area contributed by atoms with Crippen LogP contribution in [0.15, 0.2) is 24.3 Å². The first-order chi connectivity index (χ1) is 7.19. The summed E-state index contributed by atoms with van der Waals surface area (Å²) in [5, 5.41) is 9.39. The van der Waals surface area contributed by atoms with Gasteiger partial charge in [0.05, 0.1) is 12.2 Å². The average Bonchev–Trinajstić information content (AvgIpc) is 2.28. The first-order valence-electron chi connectivity index (χ1n) is 4.67. The number of hydrogen-bond acceptors (Lipinski definition) is 4. The van der Waals surface area contributed by atoms with Crippen LogP contribution in [0.5, 0.6) is 0 Å². The lowest BCUT2D eigenvalue weighted by molar-refractivity contribution is 0.0526. The largest absolute Gasteiger partial charge is 0.490 e. The van der Waals surface area contributed by atoms with Crippen molar-refractivity contribution >= 4 is 18.6 Å². The van der Waals surface area contributed by atoms with E-state index in [4.69, 9.17) is 9.39 Å². The van der Waals surface area contributed by atoms with Crippen LogP contribution in [0.4, 0.5) is 0 Å². The van der Waals surface area contributed by atoms with Gasteiger partial charge in [-0.25, -0.2) is 4.79 Å². The Balaban J connectivity index is 2.87. The first kappa shape index (κ1) is 11.7. The van der Waals surface area contributed by atoms with Gasteiger partial charge in [0, 0.05) is 7.11 Å². The molecule has 0 spiro atoms. The van der Waals surface area contributed by atoms with E-state index in [0.29, 0.717) is 17.6 Å². The van der Waals surface area contributed by atoms with E-state index < -0.39 is 13.1 Å². The quantitative estimate of drug-likeness (QED) is 0.567. The van der Waals surface area contributed by atoms with E-state index in [1.165, 1.54) is 7.11 Å². The van der Waals surface area contributed by atoms with Crippen LogP contribution in [0, 0.1) is 0 Å². The predicted molar refractivity (Wildman–Crippen MR) is 57.0 cm³/mol. The predicted octanol–water partition coefficient (Wildman–Crippen LogP) is 0.197. The molecule has 0 saturated carbocycles. The molecule has 1 aromatic carbocycles. The van der Waals surface area contributed by atoms with Crippen LogP contribution in [-0.4, -0.2) is 31.8 Å². The van der Waals surface area contributed by atoms with E-state index in [2.05, 4.69) is 0 Å². The zero-order chi connectivity index (χ0) is 11.3. The second kappa shape index (κ2) is 5.53. The molecular formula is C10H13BO4. The Hall–Kier alpha value is -1.33. The molecule has 0 amide bonds. The third-order valence-corrected chi connectivity index (χ3v) is 1.91. The zero-order valence-electron chi connectivity index (χ0n) is 8.77. The van der Waals surface area contributed by atoms with E-state index in [9.17, 15) is 9.82 Å². The molecule has 0 aliphatic heterocycles. The highest BCUT2D eigenvalue weighted by Gasteiger charge is 2.16. The molecule has 0 aliphatic carbocycles. The smallest absolute Gasteiger partial charge is 0.462 e. The monoisotopic (exact) mass is 208 g/mol. The van der Waals surface area contributed by atoms with Crippen molar-refractivity contribution in [1.29, 1.82) is 0 Å². The van der Waals surface area contributed by atoms with Gasteiger partial charge in [0.1, 0.15) is 0 Å². The lowest BCUT2D eigenvalue weighted by Gasteiger charge is -2.06. The van der Waals surface area contributed by atoms with E-state index in [1.54, 1.807) is 31.2 Å². The molecule has 80 valence electrons. The van der Waals surface area contributed by atoms with E-state index in [0.717, 1.165) is 0 Å². The first-order valence-corrected chi connectivity index (χ1v) is 4.67. The molecule has 0 aromatic heterocycles. The van der Waals surface area contributed by atoms with Crippen LogP contribution in [0.2, 0.25) is 0 Å². The van der Waals surface area contributed by atoms with E-state index in [-0.39, 0.29) is 0 Å². The molecule has 4 nitrogen and oxygen atoms in total. The van der Waals surface area contributed by atoms with Gasteiger partial charge in [-0.15, -0.1) is 0 Å². The van der Waals surface area contributed by atoms with Gasteiger partial charge < -0.3 is 14.4 Å². The number of hydrogen-bond donors (Lipinski definition) is 1. The summed E-state index contributed by atoms with van der Waals surface area (Å²) in [6.45, 7) is 2.07. The van der Waals surface area contributed by atoms with Crippen LogP contribution in [0.3, 0.4) is 0 Å². The van der Waals surface area contributed by atoms with Crippen molar-refractivity contribution in [3.05, 3.63) is 29.8 Å². The Morgan fingerprint density at radius 2 is 2.27 bits per heavy atom. The van der Waals surface area contributed by atoms with Crippen LogP contribution < -0.4 is 5.46 Å². The van der Waals surface area contributed by atoms with Crippen molar-refractivity contribution < 1.29 is 19.2 Å². The molecule has 0 saturated heterocycles. The Morgan fingerprint density at radius 3 is 2.87 bits per heavy atom. The lowest BCUT2D eigenvalue weighted by atomic mass is 9.79.